The molecule has 0 atom stereocenters. The molecule has 0 spiro atoms. The van der Waals surface area contributed by atoms with Crippen molar-refractivity contribution in [3.8, 4) is 0 Å². The third-order valence-electron chi connectivity index (χ3n) is 4.35. The minimum absolute atomic E-state index is 1.25. The van der Waals surface area contributed by atoms with Crippen LogP contribution in [0.2, 0.25) is 0 Å². The highest BCUT2D eigenvalue weighted by Crippen LogP contribution is 2.13. The number of rotatable bonds is 12. The molecule has 0 aliphatic rings. The van der Waals surface area contributed by atoms with E-state index in [1.807, 2.05) is 0 Å². The Morgan fingerprint density at radius 1 is 0.889 bits per heavy atom. The fraction of sp³-hybridized carbons (Fsp3) is 0.714. The second kappa shape index (κ2) is 15.5. The maximum Gasteiger partial charge on any atom is 0.430 e. The number of alkyl halides is 3. The molecule has 0 aliphatic carbocycles. The molecule has 0 N–H and O–H groups in total. The maximum absolute atomic E-state index is 10.5. The molecule has 156 valence electrons. The zero-order chi connectivity index (χ0) is 20.5. The van der Waals surface area contributed by atoms with E-state index in [1.54, 1.807) is 0 Å². The van der Waals surface area contributed by atoms with Gasteiger partial charge in [0.15, 0.2) is 12.4 Å². The van der Waals surface area contributed by atoms with Crippen molar-refractivity contribution in [2.45, 2.75) is 90.1 Å². The van der Waals surface area contributed by atoms with E-state index in [0.717, 1.165) is 0 Å². The molecule has 0 fully saturated rings. The van der Waals surface area contributed by atoms with E-state index in [9.17, 15) is 13.2 Å². The molecule has 0 saturated carbocycles. The third-order valence-corrected chi connectivity index (χ3v) is 4.35. The summed E-state index contributed by atoms with van der Waals surface area (Å²) in [7, 11) is 2.08. The number of carboxylic acids is 1. The van der Waals surface area contributed by atoms with Crippen molar-refractivity contribution >= 4 is 5.97 Å². The Bertz CT molecular complexity index is 487. The van der Waals surface area contributed by atoms with Gasteiger partial charge in [-0.3, -0.25) is 0 Å². The first-order valence-electron chi connectivity index (χ1n) is 9.99. The molecule has 0 aromatic carbocycles. The molecule has 1 aromatic rings. The van der Waals surface area contributed by atoms with Crippen LogP contribution in [0.3, 0.4) is 0 Å². The second-order valence-electron chi connectivity index (χ2n) is 6.94. The molecule has 0 unspecified atom stereocenters. The number of halogens is 3. The Morgan fingerprint density at radius 3 is 1.63 bits per heavy atom. The van der Waals surface area contributed by atoms with Crippen molar-refractivity contribution in [3.05, 3.63) is 30.1 Å². The molecule has 0 aliphatic heterocycles. The summed E-state index contributed by atoms with van der Waals surface area (Å²) in [4.78, 5) is 8.78. The van der Waals surface area contributed by atoms with E-state index in [0.29, 0.717) is 0 Å². The van der Waals surface area contributed by atoms with Gasteiger partial charge in [0.2, 0.25) is 0 Å². The summed E-state index contributed by atoms with van der Waals surface area (Å²) in [6.45, 7) is 2.29. The molecule has 0 saturated heterocycles. The van der Waals surface area contributed by atoms with Crippen molar-refractivity contribution in [2.24, 2.45) is 7.05 Å². The minimum atomic E-state index is -5.19. The number of carbonyl (C=O) groups excluding carboxylic acids is 1. The minimum Gasteiger partial charge on any atom is -0.542 e. The maximum atomic E-state index is 10.5. The Hall–Kier alpha value is -1.59. The van der Waals surface area contributed by atoms with Crippen LogP contribution >= 0.6 is 0 Å². The Morgan fingerprint density at radius 2 is 1.26 bits per heavy atom. The number of aryl methyl sites for hydroxylation is 2. The number of carboxylic acid groups (broad SMARTS) is 1. The first kappa shape index (κ1) is 25.4. The van der Waals surface area contributed by atoms with Gasteiger partial charge < -0.3 is 9.90 Å². The van der Waals surface area contributed by atoms with Crippen LogP contribution in [-0.4, -0.2) is 12.1 Å². The van der Waals surface area contributed by atoms with Gasteiger partial charge in [0, 0.05) is 12.1 Å². The summed E-state index contributed by atoms with van der Waals surface area (Å²) in [5.74, 6) is -3.01. The molecular weight excluding hydrogens is 355 g/mol. The molecule has 27 heavy (non-hydrogen) atoms. The van der Waals surface area contributed by atoms with Crippen LogP contribution in [0.15, 0.2) is 24.5 Å². The Balaban J connectivity index is 0.000000821. The number of aromatic nitrogens is 1. The highest BCUT2D eigenvalue weighted by Gasteiger charge is 2.28. The summed E-state index contributed by atoms with van der Waals surface area (Å²) in [6, 6.07) is 4.49. The highest BCUT2D eigenvalue weighted by molar-refractivity contribution is 5.70. The monoisotopic (exact) mass is 389 g/mol. The van der Waals surface area contributed by atoms with Crippen LogP contribution in [0.5, 0.6) is 0 Å². The van der Waals surface area contributed by atoms with Crippen LogP contribution in [0.4, 0.5) is 13.2 Å². The lowest BCUT2D eigenvalue weighted by Gasteiger charge is -2.03. The quantitative estimate of drug-likeness (QED) is 0.385. The largest absolute Gasteiger partial charge is 0.542 e. The number of nitrogens with zero attached hydrogens (tertiary/aromatic N) is 1. The smallest absolute Gasteiger partial charge is 0.430 e. The summed E-state index contributed by atoms with van der Waals surface area (Å²) in [5, 5.41) is 8.78. The van der Waals surface area contributed by atoms with Gasteiger partial charge in [-0.1, -0.05) is 71.1 Å². The summed E-state index contributed by atoms with van der Waals surface area (Å²) in [6.07, 6.45) is 16.0. The van der Waals surface area contributed by atoms with E-state index in [-0.39, 0.29) is 0 Å². The average Bonchev–Trinajstić information content (AvgIpc) is 2.61. The van der Waals surface area contributed by atoms with Crippen molar-refractivity contribution < 1.29 is 27.6 Å². The first-order chi connectivity index (χ1) is 12.8. The normalized spacial score (nSPS) is 11.0. The van der Waals surface area contributed by atoms with Crippen LogP contribution in [0.1, 0.15) is 83.1 Å². The number of hydrogen-bond donors (Lipinski definition) is 0. The Labute approximate surface area is 161 Å². The molecule has 3 nitrogen and oxygen atoms in total. The van der Waals surface area contributed by atoms with Gasteiger partial charge in [0.25, 0.3) is 0 Å². The average molecular weight is 390 g/mol. The molecular formula is C21H34F3NO2. The summed E-state index contributed by atoms with van der Waals surface area (Å²) >= 11 is 0. The highest BCUT2D eigenvalue weighted by atomic mass is 19.4. The van der Waals surface area contributed by atoms with Crippen molar-refractivity contribution in [2.75, 3.05) is 0 Å². The SMILES string of the molecule is CCCCCCCCCCCCCc1cc[n+](C)cc1.O=C([O-])C(F)(F)F. The number of unbranched alkanes of at least 4 members (excludes halogenated alkanes) is 10. The predicted octanol–water partition coefficient (Wildman–Crippen LogP) is 4.66. The molecule has 0 amide bonds. The van der Waals surface area contributed by atoms with Gasteiger partial charge >= 0.3 is 6.18 Å². The molecule has 1 aromatic heterocycles. The van der Waals surface area contributed by atoms with E-state index in [4.69, 9.17) is 9.90 Å². The van der Waals surface area contributed by atoms with Gasteiger partial charge in [-0.15, -0.1) is 0 Å². The van der Waals surface area contributed by atoms with Crippen LogP contribution in [0.25, 0.3) is 0 Å². The molecule has 0 bridgehead atoms. The molecule has 0 radical (unpaired) electrons. The van der Waals surface area contributed by atoms with Crippen LogP contribution in [-0.2, 0) is 18.3 Å². The van der Waals surface area contributed by atoms with Gasteiger partial charge in [-0.25, -0.2) is 4.57 Å². The van der Waals surface area contributed by atoms with Crippen molar-refractivity contribution in [3.63, 3.8) is 0 Å². The van der Waals surface area contributed by atoms with Crippen molar-refractivity contribution in [1.82, 2.24) is 0 Å². The van der Waals surface area contributed by atoms with Gasteiger partial charge in [0.1, 0.15) is 13.0 Å². The summed E-state index contributed by atoms with van der Waals surface area (Å²) in [5.41, 5.74) is 1.49. The van der Waals surface area contributed by atoms with Gasteiger partial charge in [-0.05, 0) is 18.4 Å². The zero-order valence-corrected chi connectivity index (χ0v) is 16.7. The molecule has 6 heteroatoms. The number of carbonyl (C=O) groups is 1. The van der Waals surface area contributed by atoms with Crippen molar-refractivity contribution in [1.29, 1.82) is 0 Å². The number of pyridine rings is 1. The topological polar surface area (TPSA) is 44.0 Å². The molecule has 1 heterocycles. The lowest BCUT2D eigenvalue weighted by atomic mass is 10.0. The van der Waals surface area contributed by atoms with E-state index >= 15 is 0 Å². The lowest BCUT2D eigenvalue weighted by molar-refractivity contribution is -0.671. The standard InChI is InChI=1S/C19H34N.C2HF3O2/c1-3-4-5-6-7-8-9-10-11-12-13-14-19-15-17-20(2)18-16-19;3-2(4,5)1(6)7/h15-18H,3-14H2,1-2H3;(H,6,7)/q+1;/p-1. The van der Waals surface area contributed by atoms with E-state index < -0.39 is 12.1 Å². The van der Waals surface area contributed by atoms with E-state index in [1.165, 1.54) is 82.6 Å². The number of aliphatic carboxylic acids is 1. The number of hydrogen-bond acceptors (Lipinski definition) is 2. The second-order valence-corrected chi connectivity index (χ2v) is 6.94. The van der Waals surface area contributed by atoms with Crippen LogP contribution < -0.4 is 9.67 Å². The predicted molar refractivity (Wildman–Crippen MR) is 98.8 cm³/mol. The molecule has 1 rings (SSSR count). The Kier molecular flexibility index (Phi) is 14.6. The third kappa shape index (κ3) is 16.3. The zero-order valence-electron chi connectivity index (χ0n) is 16.7. The van der Waals surface area contributed by atoms with E-state index in [2.05, 4.69) is 43.1 Å². The lowest BCUT2D eigenvalue weighted by Crippen LogP contribution is -2.37. The van der Waals surface area contributed by atoms with Crippen LogP contribution in [0, 0.1) is 0 Å². The van der Waals surface area contributed by atoms with Gasteiger partial charge in [-0.2, -0.15) is 13.2 Å². The first-order valence-corrected chi connectivity index (χ1v) is 9.99. The van der Waals surface area contributed by atoms with Gasteiger partial charge in [0.05, 0.1) is 0 Å². The fourth-order valence-electron chi connectivity index (χ4n) is 2.69. The summed E-state index contributed by atoms with van der Waals surface area (Å²) < 4.78 is 33.6. The fourth-order valence-corrected chi connectivity index (χ4v) is 2.69.